The Balaban J connectivity index is 1.51. The van der Waals surface area contributed by atoms with E-state index >= 15 is 0 Å². The zero-order valence-corrected chi connectivity index (χ0v) is 16.7. The van der Waals surface area contributed by atoms with Gasteiger partial charge in [0.05, 0.1) is 16.8 Å². The van der Waals surface area contributed by atoms with Gasteiger partial charge in [-0.3, -0.25) is 9.59 Å². The SMILES string of the molecule is CC1CC(C)CN(C(=O)c2ccccc2NC(=O)Cn2nnc3ccccc32)C1. The van der Waals surface area contributed by atoms with E-state index in [0.717, 1.165) is 30.5 Å². The highest BCUT2D eigenvalue weighted by Crippen LogP contribution is 2.25. The molecule has 29 heavy (non-hydrogen) atoms. The standard InChI is InChI=1S/C22H25N5O2/c1-15-11-16(2)13-26(12-15)22(29)17-7-3-4-8-18(17)23-21(28)14-27-20-10-6-5-9-19(20)24-25-27/h3-10,15-16H,11-14H2,1-2H3,(H,23,28). The maximum absolute atomic E-state index is 13.1. The van der Waals surface area contributed by atoms with Gasteiger partial charge in [0.2, 0.25) is 5.91 Å². The van der Waals surface area contributed by atoms with Gasteiger partial charge in [-0.1, -0.05) is 43.3 Å². The maximum atomic E-state index is 13.1. The van der Waals surface area contributed by atoms with Crippen molar-refractivity contribution in [2.75, 3.05) is 18.4 Å². The molecule has 2 aromatic carbocycles. The molecule has 2 amide bonds. The van der Waals surface area contributed by atoms with Crippen LogP contribution in [-0.4, -0.2) is 44.8 Å². The molecule has 3 aromatic rings. The van der Waals surface area contributed by atoms with Crippen LogP contribution in [0.15, 0.2) is 48.5 Å². The molecule has 1 aliphatic rings. The van der Waals surface area contributed by atoms with E-state index in [-0.39, 0.29) is 18.4 Å². The summed E-state index contributed by atoms with van der Waals surface area (Å²) in [5, 5.41) is 11.0. The van der Waals surface area contributed by atoms with Crippen LogP contribution in [0.25, 0.3) is 11.0 Å². The van der Waals surface area contributed by atoms with E-state index in [9.17, 15) is 9.59 Å². The van der Waals surface area contributed by atoms with E-state index in [2.05, 4.69) is 29.5 Å². The van der Waals surface area contributed by atoms with Crippen molar-refractivity contribution in [3.63, 3.8) is 0 Å². The molecule has 1 fully saturated rings. The lowest BCUT2D eigenvalue weighted by Gasteiger charge is -2.35. The van der Waals surface area contributed by atoms with Crippen molar-refractivity contribution in [2.24, 2.45) is 11.8 Å². The number of rotatable bonds is 4. The summed E-state index contributed by atoms with van der Waals surface area (Å²) in [7, 11) is 0. The van der Waals surface area contributed by atoms with E-state index in [4.69, 9.17) is 0 Å². The number of benzene rings is 2. The number of amides is 2. The fourth-order valence-corrected chi connectivity index (χ4v) is 4.14. The highest BCUT2D eigenvalue weighted by atomic mass is 16.2. The summed E-state index contributed by atoms with van der Waals surface area (Å²) in [4.78, 5) is 27.7. The third-order valence-corrected chi connectivity index (χ3v) is 5.30. The van der Waals surface area contributed by atoms with Crippen molar-refractivity contribution in [3.8, 4) is 0 Å². The quantitative estimate of drug-likeness (QED) is 0.741. The summed E-state index contributed by atoms with van der Waals surface area (Å²) < 4.78 is 1.56. The third-order valence-electron chi connectivity index (χ3n) is 5.30. The first-order valence-corrected chi connectivity index (χ1v) is 9.97. The molecular weight excluding hydrogens is 366 g/mol. The van der Waals surface area contributed by atoms with Crippen LogP contribution in [0.2, 0.25) is 0 Å². The molecule has 7 nitrogen and oxygen atoms in total. The minimum Gasteiger partial charge on any atom is -0.338 e. The summed E-state index contributed by atoms with van der Waals surface area (Å²) >= 11 is 0. The Bertz CT molecular complexity index is 1030. The van der Waals surface area contributed by atoms with Crippen molar-refractivity contribution < 1.29 is 9.59 Å². The number of nitrogens with zero attached hydrogens (tertiary/aromatic N) is 4. The second-order valence-electron chi connectivity index (χ2n) is 7.99. The van der Waals surface area contributed by atoms with Crippen molar-refractivity contribution >= 4 is 28.5 Å². The molecule has 1 aliphatic heterocycles. The average Bonchev–Trinajstić information content (AvgIpc) is 3.10. The molecular formula is C22H25N5O2. The molecule has 2 atom stereocenters. The summed E-state index contributed by atoms with van der Waals surface area (Å²) in [6.45, 7) is 5.87. The van der Waals surface area contributed by atoms with Crippen molar-refractivity contribution in [1.29, 1.82) is 0 Å². The van der Waals surface area contributed by atoms with Crippen LogP contribution in [0.3, 0.4) is 0 Å². The predicted molar refractivity (Wildman–Crippen MR) is 111 cm³/mol. The Hall–Kier alpha value is -3.22. The normalized spacial score (nSPS) is 19.3. The number of aromatic nitrogens is 3. The first kappa shape index (κ1) is 19.1. The molecule has 1 aromatic heterocycles. The number of carbonyl (C=O) groups is 2. The lowest BCUT2D eigenvalue weighted by Crippen LogP contribution is -2.42. The molecule has 1 saturated heterocycles. The number of likely N-dealkylation sites (tertiary alicyclic amines) is 1. The fraction of sp³-hybridized carbons (Fsp3) is 0.364. The lowest BCUT2D eigenvalue weighted by molar-refractivity contribution is -0.116. The van der Waals surface area contributed by atoms with Crippen molar-refractivity contribution in [2.45, 2.75) is 26.8 Å². The summed E-state index contributed by atoms with van der Waals surface area (Å²) in [6.07, 6.45) is 1.13. The summed E-state index contributed by atoms with van der Waals surface area (Å²) in [6, 6.07) is 14.7. The molecule has 2 unspecified atom stereocenters. The van der Waals surface area contributed by atoms with E-state index in [1.165, 1.54) is 0 Å². The number of hydrogen-bond acceptors (Lipinski definition) is 4. The highest BCUT2D eigenvalue weighted by Gasteiger charge is 2.27. The van der Waals surface area contributed by atoms with Crippen LogP contribution in [0, 0.1) is 11.8 Å². The Morgan fingerprint density at radius 1 is 1.03 bits per heavy atom. The Labute approximate surface area is 169 Å². The van der Waals surface area contributed by atoms with Gasteiger partial charge in [0.1, 0.15) is 12.1 Å². The van der Waals surface area contributed by atoms with Crippen LogP contribution in [-0.2, 0) is 11.3 Å². The Morgan fingerprint density at radius 3 is 2.52 bits per heavy atom. The molecule has 0 saturated carbocycles. The van der Waals surface area contributed by atoms with E-state index in [1.807, 2.05) is 41.3 Å². The number of anilines is 1. The van der Waals surface area contributed by atoms with Crippen LogP contribution < -0.4 is 5.32 Å². The number of nitrogens with one attached hydrogen (secondary N) is 1. The lowest BCUT2D eigenvalue weighted by atomic mass is 9.91. The van der Waals surface area contributed by atoms with Crippen LogP contribution >= 0.6 is 0 Å². The molecule has 0 spiro atoms. The van der Waals surface area contributed by atoms with E-state index in [1.54, 1.807) is 16.8 Å². The molecule has 0 bridgehead atoms. The number of piperidine rings is 1. The Morgan fingerprint density at radius 2 is 1.72 bits per heavy atom. The monoisotopic (exact) mass is 391 g/mol. The van der Waals surface area contributed by atoms with Gasteiger partial charge >= 0.3 is 0 Å². The minimum absolute atomic E-state index is 0.0286. The van der Waals surface area contributed by atoms with Gasteiger partial charge < -0.3 is 10.2 Å². The second kappa shape index (κ2) is 8.03. The fourth-order valence-electron chi connectivity index (χ4n) is 4.14. The second-order valence-corrected chi connectivity index (χ2v) is 7.99. The maximum Gasteiger partial charge on any atom is 0.255 e. The van der Waals surface area contributed by atoms with Gasteiger partial charge in [-0.2, -0.15) is 0 Å². The van der Waals surface area contributed by atoms with Gasteiger partial charge in [0.15, 0.2) is 0 Å². The van der Waals surface area contributed by atoms with Gasteiger partial charge in [0.25, 0.3) is 5.91 Å². The molecule has 1 N–H and O–H groups in total. The molecule has 4 rings (SSSR count). The highest BCUT2D eigenvalue weighted by molar-refractivity contribution is 6.03. The van der Waals surface area contributed by atoms with Gasteiger partial charge in [-0.25, -0.2) is 4.68 Å². The number of para-hydroxylation sites is 2. The Kier molecular flexibility index (Phi) is 5.29. The molecule has 2 heterocycles. The number of carbonyl (C=O) groups excluding carboxylic acids is 2. The minimum atomic E-state index is -0.249. The summed E-state index contributed by atoms with van der Waals surface area (Å²) in [5.41, 5.74) is 2.58. The molecule has 7 heteroatoms. The van der Waals surface area contributed by atoms with Gasteiger partial charge in [0, 0.05) is 13.1 Å². The largest absolute Gasteiger partial charge is 0.338 e. The molecule has 0 aliphatic carbocycles. The van der Waals surface area contributed by atoms with Gasteiger partial charge in [-0.05, 0) is 42.5 Å². The average molecular weight is 391 g/mol. The van der Waals surface area contributed by atoms with E-state index < -0.39 is 0 Å². The number of fused-ring (bicyclic) bond motifs is 1. The van der Waals surface area contributed by atoms with Crippen LogP contribution in [0.4, 0.5) is 5.69 Å². The van der Waals surface area contributed by atoms with Crippen molar-refractivity contribution in [3.05, 3.63) is 54.1 Å². The first-order valence-electron chi connectivity index (χ1n) is 9.97. The zero-order chi connectivity index (χ0) is 20.4. The van der Waals surface area contributed by atoms with Gasteiger partial charge in [-0.15, -0.1) is 5.10 Å². The molecule has 150 valence electrons. The van der Waals surface area contributed by atoms with Crippen LogP contribution in [0.1, 0.15) is 30.6 Å². The zero-order valence-electron chi connectivity index (χ0n) is 16.7. The topological polar surface area (TPSA) is 80.1 Å². The smallest absolute Gasteiger partial charge is 0.255 e. The predicted octanol–water partition coefficient (Wildman–Crippen LogP) is 3.19. The first-order chi connectivity index (χ1) is 14.0. The van der Waals surface area contributed by atoms with Crippen LogP contribution in [0.5, 0.6) is 0 Å². The number of hydrogen-bond donors (Lipinski definition) is 1. The summed E-state index contributed by atoms with van der Waals surface area (Å²) in [5.74, 6) is 0.668. The third kappa shape index (κ3) is 4.13. The van der Waals surface area contributed by atoms with Crippen molar-refractivity contribution in [1.82, 2.24) is 19.9 Å². The molecule has 0 radical (unpaired) electrons. The van der Waals surface area contributed by atoms with E-state index in [0.29, 0.717) is 23.1 Å².